The summed E-state index contributed by atoms with van der Waals surface area (Å²) < 4.78 is 13.2. The fourth-order valence-corrected chi connectivity index (χ4v) is 4.16. The Morgan fingerprint density at radius 1 is 1.10 bits per heavy atom. The van der Waals surface area contributed by atoms with Gasteiger partial charge in [0.05, 0.1) is 6.42 Å². The average molecular weight is 426 g/mol. The van der Waals surface area contributed by atoms with Gasteiger partial charge in [0.25, 0.3) is 0 Å². The summed E-state index contributed by atoms with van der Waals surface area (Å²) in [7, 11) is 1.84. The molecule has 1 atom stereocenters. The Kier molecular flexibility index (Phi) is 8.04. The first-order valence-corrected chi connectivity index (χ1v) is 11.1. The van der Waals surface area contributed by atoms with E-state index in [1.54, 1.807) is 12.1 Å². The lowest BCUT2D eigenvalue weighted by Crippen LogP contribution is -2.53. The molecule has 0 aliphatic carbocycles. The van der Waals surface area contributed by atoms with Crippen molar-refractivity contribution < 1.29 is 14.0 Å². The van der Waals surface area contributed by atoms with E-state index in [1.807, 2.05) is 49.2 Å². The third kappa shape index (κ3) is 6.29. The van der Waals surface area contributed by atoms with Crippen molar-refractivity contribution in [2.75, 3.05) is 25.0 Å². The van der Waals surface area contributed by atoms with Gasteiger partial charge in [0, 0.05) is 31.9 Å². The molecule has 0 aromatic heterocycles. The van der Waals surface area contributed by atoms with Crippen LogP contribution in [-0.4, -0.2) is 48.9 Å². The number of carbonyl (C=O) groups is 2. The van der Waals surface area contributed by atoms with Crippen LogP contribution in [0.15, 0.2) is 54.6 Å². The van der Waals surface area contributed by atoms with E-state index >= 15 is 0 Å². The lowest BCUT2D eigenvalue weighted by atomic mass is 10.0. The number of benzene rings is 2. The Labute approximate surface area is 184 Å². The molecule has 2 aromatic rings. The monoisotopic (exact) mass is 425 g/mol. The number of nitrogens with one attached hydrogen (secondary N) is 1. The van der Waals surface area contributed by atoms with Crippen molar-refractivity contribution in [2.24, 2.45) is 0 Å². The van der Waals surface area contributed by atoms with E-state index in [0.29, 0.717) is 6.42 Å². The minimum atomic E-state index is -0.499. The average Bonchev–Trinajstić information content (AvgIpc) is 2.79. The summed E-state index contributed by atoms with van der Waals surface area (Å²) >= 11 is 0. The number of nitrogens with zero attached hydrogens (tertiary/aromatic N) is 2. The second kappa shape index (κ2) is 10.9. The van der Waals surface area contributed by atoms with Crippen molar-refractivity contribution in [3.63, 3.8) is 0 Å². The van der Waals surface area contributed by atoms with Crippen LogP contribution in [0.2, 0.25) is 0 Å². The molecule has 1 N–H and O–H groups in total. The third-order valence-electron chi connectivity index (χ3n) is 5.97. The minimum Gasteiger partial charge on any atom is -0.371 e. The first-order valence-electron chi connectivity index (χ1n) is 11.1. The predicted molar refractivity (Wildman–Crippen MR) is 121 cm³/mol. The number of amides is 2. The Morgan fingerprint density at radius 2 is 1.74 bits per heavy atom. The standard InChI is InChI=1S/C25H32FN3O2/c1-3-7-23(27-24(30)18-19-8-5-4-6-9-19)25(31)28(2)21-14-16-29(17-15-21)22-12-10-20(26)11-13-22/h4-6,8-13,21,23H,3,7,14-18H2,1-2H3,(H,27,30). The van der Waals surface area contributed by atoms with Crippen molar-refractivity contribution >= 4 is 17.5 Å². The van der Waals surface area contributed by atoms with E-state index in [4.69, 9.17) is 0 Å². The van der Waals surface area contributed by atoms with E-state index in [-0.39, 0.29) is 30.1 Å². The molecule has 31 heavy (non-hydrogen) atoms. The van der Waals surface area contributed by atoms with Crippen LogP contribution in [0.1, 0.15) is 38.2 Å². The summed E-state index contributed by atoms with van der Waals surface area (Å²) in [5.74, 6) is -0.388. The smallest absolute Gasteiger partial charge is 0.245 e. The van der Waals surface area contributed by atoms with E-state index < -0.39 is 6.04 Å². The molecule has 0 bridgehead atoms. The molecule has 1 aliphatic rings. The molecule has 6 heteroatoms. The van der Waals surface area contributed by atoms with Crippen LogP contribution in [0.25, 0.3) is 0 Å². The van der Waals surface area contributed by atoms with Crippen LogP contribution in [-0.2, 0) is 16.0 Å². The number of halogens is 1. The van der Waals surface area contributed by atoms with Gasteiger partial charge in [-0.15, -0.1) is 0 Å². The fraction of sp³-hybridized carbons (Fsp3) is 0.440. The molecule has 1 fully saturated rings. The molecule has 3 rings (SSSR count). The van der Waals surface area contributed by atoms with E-state index in [0.717, 1.165) is 43.6 Å². The molecule has 0 saturated carbocycles. The lowest BCUT2D eigenvalue weighted by molar-refractivity contribution is -0.137. The normalized spacial score (nSPS) is 15.4. The number of rotatable bonds is 8. The zero-order valence-corrected chi connectivity index (χ0v) is 18.4. The van der Waals surface area contributed by atoms with Gasteiger partial charge in [0.1, 0.15) is 11.9 Å². The quantitative estimate of drug-likeness (QED) is 0.700. The maximum Gasteiger partial charge on any atom is 0.245 e. The summed E-state index contributed by atoms with van der Waals surface area (Å²) in [5, 5.41) is 2.95. The zero-order valence-electron chi connectivity index (χ0n) is 18.4. The van der Waals surface area contributed by atoms with Crippen molar-refractivity contribution in [3.8, 4) is 0 Å². The Hall–Kier alpha value is -2.89. The summed E-state index contributed by atoms with van der Waals surface area (Å²) in [6.07, 6.45) is 3.40. The molecule has 0 radical (unpaired) electrons. The van der Waals surface area contributed by atoms with Gasteiger partial charge >= 0.3 is 0 Å². The molecular weight excluding hydrogens is 393 g/mol. The first-order chi connectivity index (χ1) is 15.0. The second-order valence-electron chi connectivity index (χ2n) is 8.21. The van der Waals surface area contributed by atoms with Crippen molar-refractivity contribution in [1.29, 1.82) is 0 Å². The topological polar surface area (TPSA) is 52.7 Å². The first kappa shape index (κ1) is 22.8. The molecule has 1 heterocycles. The Morgan fingerprint density at radius 3 is 2.35 bits per heavy atom. The molecule has 2 aromatic carbocycles. The van der Waals surface area contributed by atoms with E-state index in [9.17, 15) is 14.0 Å². The van der Waals surface area contributed by atoms with Gasteiger partial charge in [0.2, 0.25) is 11.8 Å². The number of hydrogen-bond donors (Lipinski definition) is 1. The fourth-order valence-electron chi connectivity index (χ4n) is 4.16. The highest BCUT2D eigenvalue weighted by molar-refractivity contribution is 5.88. The van der Waals surface area contributed by atoms with Gasteiger partial charge in [-0.1, -0.05) is 43.7 Å². The van der Waals surface area contributed by atoms with Crippen LogP contribution in [0.5, 0.6) is 0 Å². The van der Waals surface area contributed by atoms with Gasteiger partial charge < -0.3 is 15.1 Å². The molecule has 2 amide bonds. The highest BCUT2D eigenvalue weighted by Gasteiger charge is 2.30. The highest BCUT2D eigenvalue weighted by Crippen LogP contribution is 2.23. The van der Waals surface area contributed by atoms with Gasteiger partial charge in [-0.2, -0.15) is 0 Å². The van der Waals surface area contributed by atoms with Crippen molar-refractivity contribution in [1.82, 2.24) is 10.2 Å². The second-order valence-corrected chi connectivity index (χ2v) is 8.21. The summed E-state index contributed by atoms with van der Waals surface area (Å²) in [4.78, 5) is 29.7. The Bertz CT molecular complexity index is 849. The number of piperidine rings is 1. The Balaban J connectivity index is 1.55. The summed E-state index contributed by atoms with van der Waals surface area (Å²) in [6, 6.07) is 15.7. The largest absolute Gasteiger partial charge is 0.371 e. The molecule has 1 aliphatic heterocycles. The van der Waals surface area contributed by atoms with Gasteiger partial charge in [0.15, 0.2) is 0 Å². The number of anilines is 1. The van der Waals surface area contributed by atoms with Crippen LogP contribution in [0, 0.1) is 5.82 Å². The lowest BCUT2D eigenvalue weighted by Gasteiger charge is -2.39. The van der Waals surface area contributed by atoms with Gasteiger partial charge in [-0.25, -0.2) is 4.39 Å². The predicted octanol–water partition coefficient (Wildman–Crippen LogP) is 3.78. The van der Waals surface area contributed by atoms with Crippen molar-refractivity contribution in [2.45, 2.75) is 51.1 Å². The third-order valence-corrected chi connectivity index (χ3v) is 5.97. The van der Waals surface area contributed by atoms with Crippen LogP contribution in [0.4, 0.5) is 10.1 Å². The number of likely N-dealkylation sites (N-methyl/N-ethyl adjacent to an activating group) is 1. The molecule has 5 nitrogen and oxygen atoms in total. The molecule has 1 saturated heterocycles. The van der Waals surface area contributed by atoms with Gasteiger partial charge in [-0.05, 0) is 49.1 Å². The van der Waals surface area contributed by atoms with E-state index in [1.165, 1.54) is 12.1 Å². The summed E-state index contributed by atoms with van der Waals surface area (Å²) in [6.45, 7) is 3.64. The van der Waals surface area contributed by atoms with Crippen LogP contribution < -0.4 is 10.2 Å². The maximum absolute atomic E-state index is 13.2. The number of hydrogen-bond acceptors (Lipinski definition) is 3. The van der Waals surface area contributed by atoms with Gasteiger partial charge in [-0.3, -0.25) is 9.59 Å². The van der Waals surface area contributed by atoms with Crippen LogP contribution >= 0.6 is 0 Å². The minimum absolute atomic E-state index is 0.0245. The van der Waals surface area contributed by atoms with Crippen LogP contribution in [0.3, 0.4) is 0 Å². The van der Waals surface area contributed by atoms with Crippen molar-refractivity contribution in [3.05, 3.63) is 66.0 Å². The SMILES string of the molecule is CCCC(NC(=O)Cc1ccccc1)C(=O)N(C)C1CCN(c2ccc(F)cc2)CC1. The maximum atomic E-state index is 13.2. The molecular formula is C25H32FN3O2. The number of carbonyl (C=O) groups excluding carboxylic acids is 2. The van der Waals surface area contributed by atoms with E-state index in [2.05, 4.69) is 10.2 Å². The molecule has 0 spiro atoms. The molecule has 1 unspecified atom stereocenters. The summed E-state index contributed by atoms with van der Waals surface area (Å²) in [5.41, 5.74) is 1.94. The zero-order chi connectivity index (χ0) is 22.2. The highest BCUT2D eigenvalue weighted by atomic mass is 19.1. The molecule has 166 valence electrons.